The van der Waals surface area contributed by atoms with Crippen molar-refractivity contribution in [1.82, 2.24) is 4.90 Å². The van der Waals surface area contributed by atoms with E-state index < -0.39 is 36.7 Å². The van der Waals surface area contributed by atoms with Crippen LogP contribution in [-0.2, 0) is 18.0 Å². The van der Waals surface area contributed by atoms with Gasteiger partial charge in [-0.15, -0.1) is 0 Å². The van der Waals surface area contributed by atoms with Gasteiger partial charge in [0.15, 0.2) is 0 Å². The molecule has 2 aromatic rings. The summed E-state index contributed by atoms with van der Waals surface area (Å²) < 4.78 is 74.2. The molecule has 0 amide bonds. The molecule has 0 radical (unpaired) electrons. The van der Waals surface area contributed by atoms with Gasteiger partial charge in [0, 0.05) is 29.8 Å². The molecule has 36 heavy (non-hydrogen) atoms. The lowest BCUT2D eigenvalue weighted by atomic mass is 9.87. The highest BCUT2D eigenvalue weighted by Crippen LogP contribution is 2.42. The molecule has 2 heterocycles. The summed E-state index contributed by atoms with van der Waals surface area (Å²) in [5, 5.41) is 10.5. The molecule has 3 aliphatic rings. The Morgan fingerprint density at radius 1 is 1.03 bits per heavy atom. The zero-order valence-corrected chi connectivity index (χ0v) is 19.9. The molecule has 0 aromatic heterocycles. The van der Waals surface area contributed by atoms with E-state index in [0.717, 1.165) is 12.8 Å². The molecule has 2 aromatic carbocycles. The van der Waals surface area contributed by atoms with E-state index in [1.807, 2.05) is 0 Å². The zero-order chi connectivity index (χ0) is 25.6. The van der Waals surface area contributed by atoms with Gasteiger partial charge in [-0.3, -0.25) is 9.69 Å². The highest BCUT2D eigenvalue weighted by molar-refractivity contribution is 5.88. The monoisotopic (exact) mass is 511 g/mol. The summed E-state index contributed by atoms with van der Waals surface area (Å²) in [5.41, 5.74) is 0.699. The highest BCUT2D eigenvalue weighted by atomic mass is 19.4. The Morgan fingerprint density at radius 2 is 1.69 bits per heavy atom. The third kappa shape index (κ3) is 4.91. The van der Waals surface area contributed by atoms with Crippen LogP contribution in [0.3, 0.4) is 0 Å². The molecule has 1 N–H and O–H groups in total. The van der Waals surface area contributed by atoms with Crippen molar-refractivity contribution in [2.45, 2.75) is 88.9 Å². The van der Waals surface area contributed by atoms with Gasteiger partial charge in [0.1, 0.15) is 18.2 Å². The summed E-state index contributed by atoms with van der Waals surface area (Å²) in [6, 6.07) is 6.43. The molecule has 1 aliphatic carbocycles. The van der Waals surface area contributed by atoms with Crippen LogP contribution in [0.2, 0.25) is 0 Å². The van der Waals surface area contributed by atoms with Gasteiger partial charge < -0.3 is 9.84 Å². The molecule has 2 unspecified atom stereocenters. The summed E-state index contributed by atoms with van der Waals surface area (Å²) >= 11 is 0. The minimum atomic E-state index is -4.21. The lowest BCUT2D eigenvalue weighted by molar-refractivity contribution is -0.185. The quantitative estimate of drug-likeness (QED) is 0.435. The minimum Gasteiger partial charge on any atom is -0.490 e. The number of rotatable bonds is 6. The van der Waals surface area contributed by atoms with Crippen LogP contribution in [0.1, 0.15) is 62.5 Å². The van der Waals surface area contributed by atoms with Crippen LogP contribution in [0.4, 0.5) is 22.0 Å². The van der Waals surface area contributed by atoms with Crippen LogP contribution in [0.5, 0.6) is 5.75 Å². The van der Waals surface area contributed by atoms with E-state index >= 15 is 4.39 Å². The fourth-order valence-corrected chi connectivity index (χ4v) is 6.42. The van der Waals surface area contributed by atoms with Gasteiger partial charge in [0.05, 0.1) is 17.9 Å². The Labute approximate surface area is 206 Å². The van der Waals surface area contributed by atoms with Crippen molar-refractivity contribution < 1.29 is 36.6 Å². The Bertz CT molecular complexity index is 1110. The summed E-state index contributed by atoms with van der Waals surface area (Å²) in [6.07, 6.45) is -1.29. The van der Waals surface area contributed by atoms with Crippen LogP contribution in [-0.4, -0.2) is 40.3 Å². The first-order valence-electron chi connectivity index (χ1n) is 12.7. The molecule has 1 saturated carbocycles. The lowest BCUT2D eigenvalue weighted by Crippen LogP contribution is -2.44. The summed E-state index contributed by atoms with van der Waals surface area (Å²) in [6.45, 7) is -0.521. The Hall–Kier alpha value is -2.42. The smallest absolute Gasteiger partial charge is 0.391 e. The Kier molecular flexibility index (Phi) is 6.87. The van der Waals surface area contributed by atoms with Crippen molar-refractivity contribution in [3.05, 3.63) is 41.2 Å². The van der Waals surface area contributed by atoms with E-state index in [1.54, 1.807) is 18.2 Å². The maximum Gasteiger partial charge on any atom is 0.391 e. The van der Waals surface area contributed by atoms with Gasteiger partial charge in [0.2, 0.25) is 0 Å². The number of carbonyl (C=O) groups is 1. The summed E-state index contributed by atoms with van der Waals surface area (Å²) in [5.74, 6) is -2.58. The van der Waals surface area contributed by atoms with Crippen molar-refractivity contribution >= 4 is 16.7 Å². The van der Waals surface area contributed by atoms with E-state index in [2.05, 4.69) is 4.90 Å². The molecule has 0 spiro atoms. The molecule has 2 atom stereocenters. The molecule has 2 aliphatic heterocycles. The van der Waals surface area contributed by atoms with Crippen LogP contribution in [0, 0.1) is 17.7 Å². The second kappa shape index (κ2) is 9.80. The fraction of sp³-hybridized carbons (Fsp3) is 0.593. The number of piperidine rings is 1. The first-order valence-corrected chi connectivity index (χ1v) is 12.7. The SMILES string of the molecule is O=C(O)C1CC2CCC(C1)N2Cc1cc2c(CF)c(O[C@H]3CC[C@@H](C(F)(F)F)CC3)ccc2cc1F. The number of hydrogen-bond acceptors (Lipinski definition) is 3. The van der Waals surface area contributed by atoms with Crippen molar-refractivity contribution in [1.29, 1.82) is 0 Å². The molecule has 9 heteroatoms. The number of hydrogen-bond donors (Lipinski definition) is 1. The van der Waals surface area contributed by atoms with Crippen LogP contribution in [0.25, 0.3) is 10.8 Å². The van der Waals surface area contributed by atoms with Crippen LogP contribution in [0.15, 0.2) is 24.3 Å². The van der Waals surface area contributed by atoms with Gasteiger partial charge in [-0.25, -0.2) is 8.78 Å². The molecule has 2 bridgehead atoms. The van der Waals surface area contributed by atoms with E-state index in [1.165, 1.54) is 6.07 Å². The van der Waals surface area contributed by atoms with Gasteiger partial charge in [-0.05, 0) is 80.3 Å². The average molecular weight is 512 g/mol. The van der Waals surface area contributed by atoms with Gasteiger partial charge >= 0.3 is 12.1 Å². The summed E-state index contributed by atoms with van der Waals surface area (Å²) in [7, 11) is 0. The second-order valence-corrected chi connectivity index (χ2v) is 10.5. The number of halogens is 5. The molecule has 5 rings (SSSR count). The van der Waals surface area contributed by atoms with Crippen molar-refractivity contribution in [2.75, 3.05) is 0 Å². The molecule has 4 nitrogen and oxygen atoms in total. The predicted octanol–water partition coefficient (Wildman–Crippen LogP) is 6.78. The Morgan fingerprint density at radius 3 is 2.28 bits per heavy atom. The van der Waals surface area contributed by atoms with Gasteiger partial charge in [0.25, 0.3) is 0 Å². The lowest BCUT2D eigenvalue weighted by Gasteiger charge is -2.37. The molecule has 196 valence electrons. The number of alkyl halides is 4. The van der Waals surface area contributed by atoms with Crippen LogP contribution >= 0.6 is 0 Å². The number of aliphatic carboxylic acids is 1. The van der Waals surface area contributed by atoms with Gasteiger partial charge in [-0.2, -0.15) is 13.2 Å². The molecule has 3 fully saturated rings. The zero-order valence-electron chi connectivity index (χ0n) is 19.9. The first kappa shape index (κ1) is 25.2. The number of carboxylic acid groups (broad SMARTS) is 1. The number of fused-ring (bicyclic) bond motifs is 3. The standard InChI is InChI=1S/C27H30F5NO3/c28-13-23-22-11-17(14-33-19-4-5-20(33)10-16(9-19)26(34)35)24(29)12-15(22)1-8-25(23)36-21-6-2-18(3-7-21)27(30,31)32/h1,8,11-12,16,18-21H,2-7,9-10,13-14H2,(H,34,35)/t16?,18-,19?,20?,21+. The minimum absolute atomic E-state index is 0.0109. The van der Waals surface area contributed by atoms with Crippen molar-refractivity contribution in [3.63, 3.8) is 0 Å². The largest absolute Gasteiger partial charge is 0.490 e. The number of ether oxygens (including phenoxy) is 1. The normalized spacial score (nSPS) is 29.0. The number of nitrogens with zero attached hydrogens (tertiary/aromatic N) is 1. The van der Waals surface area contributed by atoms with Crippen molar-refractivity contribution in [2.24, 2.45) is 11.8 Å². The molecule has 2 saturated heterocycles. The van der Waals surface area contributed by atoms with E-state index in [9.17, 15) is 27.5 Å². The third-order valence-corrected chi connectivity index (χ3v) is 8.41. The van der Waals surface area contributed by atoms with Gasteiger partial charge in [-0.1, -0.05) is 6.07 Å². The molecular weight excluding hydrogens is 481 g/mol. The maximum absolute atomic E-state index is 15.1. The Balaban J connectivity index is 1.36. The van der Waals surface area contributed by atoms with Crippen LogP contribution < -0.4 is 4.74 Å². The molecular formula is C27H30F5NO3. The maximum atomic E-state index is 15.1. The first-order chi connectivity index (χ1) is 17.1. The van der Waals surface area contributed by atoms with Crippen molar-refractivity contribution in [3.8, 4) is 5.75 Å². The van der Waals surface area contributed by atoms with E-state index in [4.69, 9.17) is 4.74 Å². The number of benzene rings is 2. The topological polar surface area (TPSA) is 49.8 Å². The fourth-order valence-electron chi connectivity index (χ4n) is 6.42. The number of carboxylic acids is 1. The van der Waals surface area contributed by atoms with E-state index in [-0.39, 0.29) is 49.2 Å². The second-order valence-electron chi connectivity index (χ2n) is 10.5. The predicted molar refractivity (Wildman–Crippen MR) is 124 cm³/mol. The highest BCUT2D eigenvalue weighted by Gasteiger charge is 2.43. The average Bonchev–Trinajstić information content (AvgIpc) is 3.05. The van der Waals surface area contributed by atoms with E-state index in [0.29, 0.717) is 41.5 Å². The third-order valence-electron chi connectivity index (χ3n) is 8.41. The summed E-state index contributed by atoms with van der Waals surface area (Å²) in [4.78, 5) is 13.6.